The van der Waals surface area contributed by atoms with E-state index in [2.05, 4.69) is 17.4 Å². The Morgan fingerprint density at radius 2 is 2.05 bits per heavy atom. The van der Waals surface area contributed by atoms with Crippen molar-refractivity contribution in [1.29, 1.82) is 0 Å². The van der Waals surface area contributed by atoms with Crippen LogP contribution in [0.2, 0.25) is 0 Å². The second-order valence-electron chi connectivity index (χ2n) is 5.93. The third-order valence-electron chi connectivity index (χ3n) is 4.62. The second kappa shape index (κ2) is 5.32. The van der Waals surface area contributed by atoms with E-state index in [0.29, 0.717) is 18.8 Å². The van der Waals surface area contributed by atoms with Gasteiger partial charge in [0.1, 0.15) is 5.75 Å². The smallest absolute Gasteiger partial charge is 0.248 e. The molecule has 1 aliphatic carbocycles. The zero-order valence-electron chi connectivity index (χ0n) is 11.8. The van der Waals surface area contributed by atoms with Crippen molar-refractivity contribution in [3.05, 3.63) is 29.3 Å². The van der Waals surface area contributed by atoms with Gasteiger partial charge in [0, 0.05) is 25.3 Å². The fourth-order valence-corrected chi connectivity index (χ4v) is 3.47. The van der Waals surface area contributed by atoms with Crippen molar-refractivity contribution in [3.63, 3.8) is 0 Å². The average molecular weight is 281 g/mol. The summed E-state index contributed by atoms with van der Waals surface area (Å²) in [5.74, 6) is -1.20. The van der Waals surface area contributed by atoms with Crippen molar-refractivity contribution in [2.45, 2.75) is 44.1 Å². The molecule has 0 bridgehead atoms. The number of alkyl halides is 2. The van der Waals surface area contributed by atoms with Crippen LogP contribution in [0, 0.1) is 5.92 Å². The van der Waals surface area contributed by atoms with Gasteiger partial charge in [-0.15, -0.1) is 0 Å². The first-order valence-electron chi connectivity index (χ1n) is 7.40. The molecule has 4 heteroatoms. The molecular weight excluding hydrogens is 260 g/mol. The molecule has 1 N–H and O–H groups in total. The molecule has 0 radical (unpaired) electrons. The van der Waals surface area contributed by atoms with Gasteiger partial charge in [-0.1, -0.05) is 12.1 Å². The summed E-state index contributed by atoms with van der Waals surface area (Å²) in [7, 11) is 1.92. The monoisotopic (exact) mass is 281 g/mol. The lowest BCUT2D eigenvalue weighted by Gasteiger charge is -2.34. The first kappa shape index (κ1) is 13.8. The quantitative estimate of drug-likeness (QED) is 0.912. The minimum atomic E-state index is -2.46. The summed E-state index contributed by atoms with van der Waals surface area (Å²) in [5.41, 5.74) is 2.44. The summed E-state index contributed by atoms with van der Waals surface area (Å²) < 4.78 is 32.1. The van der Waals surface area contributed by atoms with E-state index < -0.39 is 5.92 Å². The highest BCUT2D eigenvalue weighted by Gasteiger charge is 2.37. The van der Waals surface area contributed by atoms with Crippen LogP contribution in [0.3, 0.4) is 0 Å². The Hall–Kier alpha value is -1.16. The van der Waals surface area contributed by atoms with Crippen molar-refractivity contribution in [2.24, 2.45) is 5.92 Å². The van der Waals surface area contributed by atoms with Crippen LogP contribution in [0.15, 0.2) is 18.2 Å². The fourth-order valence-electron chi connectivity index (χ4n) is 3.47. The van der Waals surface area contributed by atoms with E-state index in [9.17, 15) is 8.78 Å². The van der Waals surface area contributed by atoms with Crippen LogP contribution >= 0.6 is 0 Å². The summed E-state index contributed by atoms with van der Waals surface area (Å²) in [6.07, 6.45) is 2.16. The highest BCUT2D eigenvalue weighted by molar-refractivity contribution is 5.41. The van der Waals surface area contributed by atoms with Crippen LogP contribution in [0.1, 0.15) is 42.9 Å². The minimum absolute atomic E-state index is 0.0178. The minimum Gasteiger partial charge on any atom is -0.493 e. The molecule has 1 aliphatic heterocycles. The first-order valence-corrected chi connectivity index (χ1v) is 7.40. The van der Waals surface area contributed by atoms with Gasteiger partial charge in [-0.25, -0.2) is 8.78 Å². The number of halogens is 2. The van der Waals surface area contributed by atoms with Crippen LogP contribution in [0.4, 0.5) is 8.78 Å². The topological polar surface area (TPSA) is 21.3 Å². The molecule has 0 saturated heterocycles. The van der Waals surface area contributed by atoms with E-state index in [1.165, 1.54) is 11.1 Å². The first-order chi connectivity index (χ1) is 9.59. The number of ether oxygens (including phenoxy) is 1. The zero-order valence-corrected chi connectivity index (χ0v) is 11.8. The molecule has 0 amide bonds. The van der Waals surface area contributed by atoms with Gasteiger partial charge in [0.15, 0.2) is 0 Å². The lowest BCUT2D eigenvalue weighted by Crippen LogP contribution is -2.32. The van der Waals surface area contributed by atoms with Crippen molar-refractivity contribution in [2.75, 3.05) is 13.7 Å². The standard InChI is InChI=1S/C16H21F2NO/c1-19-15(11-4-7-16(17,18)8-5-11)13-2-3-14-12(10-13)6-9-20-14/h2-3,10-11,15,19H,4-9H2,1H3. The predicted octanol–water partition coefficient (Wildman–Crippen LogP) is 3.71. The number of rotatable bonds is 3. The molecular formula is C16H21F2NO. The summed E-state index contributed by atoms with van der Waals surface area (Å²) in [4.78, 5) is 0. The molecule has 1 saturated carbocycles. The molecule has 1 atom stereocenters. The Morgan fingerprint density at radius 1 is 1.30 bits per heavy atom. The molecule has 110 valence electrons. The van der Waals surface area contributed by atoms with Crippen molar-refractivity contribution in [1.82, 2.24) is 5.32 Å². The Balaban J connectivity index is 1.77. The summed E-state index contributed by atoms with van der Waals surface area (Å²) in [6, 6.07) is 6.42. The summed E-state index contributed by atoms with van der Waals surface area (Å²) in [6.45, 7) is 0.749. The third-order valence-corrected chi connectivity index (χ3v) is 4.62. The zero-order chi connectivity index (χ0) is 14.2. The van der Waals surface area contributed by atoms with Crippen molar-refractivity contribution >= 4 is 0 Å². The van der Waals surface area contributed by atoms with Crippen LogP contribution in [0.25, 0.3) is 0 Å². The van der Waals surface area contributed by atoms with E-state index in [1.54, 1.807) is 0 Å². The van der Waals surface area contributed by atoms with Crippen LogP contribution < -0.4 is 10.1 Å². The van der Waals surface area contributed by atoms with Crippen LogP contribution in [-0.2, 0) is 6.42 Å². The van der Waals surface area contributed by atoms with Gasteiger partial charge in [0.25, 0.3) is 0 Å². The molecule has 20 heavy (non-hydrogen) atoms. The lowest BCUT2D eigenvalue weighted by atomic mass is 9.79. The number of hydrogen-bond acceptors (Lipinski definition) is 2. The second-order valence-corrected chi connectivity index (χ2v) is 5.93. The molecule has 1 aromatic carbocycles. The van der Waals surface area contributed by atoms with Crippen LogP contribution in [-0.4, -0.2) is 19.6 Å². The normalized spacial score (nSPS) is 23.1. The molecule has 0 aromatic heterocycles. The summed E-state index contributed by atoms with van der Waals surface area (Å²) in [5, 5.41) is 3.32. The highest BCUT2D eigenvalue weighted by Crippen LogP contribution is 2.42. The van der Waals surface area contributed by atoms with Gasteiger partial charge in [-0.05, 0) is 43.0 Å². The van der Waals surface area contributed by atoms with E-state index in [0.717, 1.165) is 18.8 Å². The SMILES string of the molecule is CNC(c1ccc2c(c1)CCO2)C1CCC(F)(F)CC1. The van der Waals surface area contributed by atoms with E-state index in [1.807, 2.05) is 13.1 Å². The molecule has 0 spiro atoms. The maximum Gasteiger partial charge on any atom is 0.248 e. The Morgan fingerprint density at radius 3 is 2.75 bits per heavy atom. The van der Waals surface area contributed by atoms with Gasteiger partial charge in [-0.2, -0.15) is 0 Å². The lowest BCUT2D eigenvalue weighted by molar-refractivity contribution is -0.0495. The number of nitrogens with one attached hydrogen (secondary N) is 1. The summed E-state index contributed by atoms with van der Waals surface area (Å²) >= 11 is 0. The number of benzene rings is 1. The maximum atomic E-state index is 13.3. The van der Waals surface area contributed by atoms with Gasteiger partial charge < -0.3 is 10.1 Å². The predicted molar refractivity (Wildman–Crippen MR) is 74.3 cm³/mol. The molecule has 2 nitrogen and oxygen atoms in total. The van der Waals surface area contributed by atoms with E-state index in [-0.39, 0.29) is 18.9 Å². The molecule has 1 aromatic rings. The maximum absolute atomic E-state index is 13.3. The third kappa shape index (κ3) is 2.66. The van der Waals surface area contributed by atoms with Gasteiger partial charge >= 0.3 is 0 Å². The van der Waals surface area contributed by atoms with Gasteiger partial charge in [0.05, 0.1) is 6.61 Å². The molecule has 1 heterocycles. The molecule has 2 aliphatic rings. The molecule has 1 unspecified atom stereocenters. The van der Waals surface area contributed by atoms with Crippen molar-refractivity contribution < 1.29 is 13.5 Å². The fraction of sp³-hybridized carbons (Fsp3) is 0.625. The Labute approximate surface area is 118 Å². The largest absolute Gasteiger partial charge is 0.493 e. The Bertz CT molecular complexity index is 479. The highest BCUT2D eigenvalue weighted by atomic mass is 19.3. The average Bonchev–Trinajstić information content (AvgIpc) is 2.89. The van der Waals surface area contributed by atoms with Gasteiger partial charge in [0.2, 0.25) is 5.92 Å². The van der Waals surface area contributed by atoms with E-state index >= 15 is 0 Å². The molecule has 3 rings (SSSR count). The Kier molecular flexibility index (Phi) is 3.67. The van der Waals surface area contributed by atoms with Gasteiger partial charge in [-0.3, -0.25) is 0 Å². The molecule has 1 fully saturated rings. The van der Waals surface area contributed by atoms with Crippen molar-refractivity contribution in [3.8, 4) is 5.75 Å². The number of hydrogen-bond donors (Lipinski definition) is 1. The van der Waals surface area contributed by atoms with Crippen LogP contribution in [0.5, 0.6) is 5.75 Å². The number of fused-ring (bicyclic) bond motifs is 1. The van der Waals surface area contributed by atoms with E-state index in [4.69, 9.17) is 4.74 Å².